The fourth-order valence-electron chi connectivity index (χ4n) is 17.8. The van der Waals surface area contributed by atoms with E-state index in [4.69, 9.17) is 0 Å². The van der Waals surface area contributed by atoms with E-state index < -0.39 is 8.07 Å². The van der Waals surface area contributed by atoms with Gasteiger partial charge in [0.15, 0.2) is 0 Å². The van der Waals surface area contributed by atoms with Crippen molar-refractivity contribution in [1.82, 2.24) is 18.3 Å². The normalized spacial score (nSPS) is 16.4. The van der Waals surface area contributed by atoms with Gasteiger partial charge in [0.25, 0.3) is 0 Å². The quantitative estimate of drug-likeness (QED) is 0.117. The molecule has 0 radical (unpaired) electrons. The molecular weight excluding hydrogens is 1100 g/mol. The Bertz CT molecular complexity index is 4900. The molecule has 4 aliphatic carbocycles. The van der Waals surface area contributed by atoms with Gasteiger partial charge in [-0.05, 0) is 0 Å². The van der Waals surface area contributed by atoms with Crippen LogP contribution in [0, 0.1) is 0 Å². The van der Waals surface area contributed by atoms with E-state index in [-0.39, 0.29) is 21.7 Å². The number of rotatable bonds is 6. The number of aryl methyl sites for hydroxylation is 4. The monoisotopic (exact) mass is 1160 g/mol. The van der Waals surface area contributed by atoms with Crippen LogP contribution >= 0.6 is 0 Å². The fraction of sp³-hybridized carbons (Fsp3) is 0.195. The molecule has 2 aliphatic heterocycles. The molecule has 9 aromatic carbocycles. The van der Waals surface area contributed by atoms with Crippen LogP contribution in [0.5, 0.6) is 0 Å². The van der Waals surface area contributed by atoms with Gasteiger partial charge in [0.1, 0.15) is 0 Å². The Morgan fingerprint density at radius 3 is 1.33 bits per heavy atom. The van der Waals surface area contributed by atoms with Crippen LogP contribution in [0.4, 0.5) is 0 Å². The van der Waals surface area contributed by atoms with E-state index in [0.29, 0.717) is 0 Å². The van der Waals surface area contributed by atoms with Gasteiger partial charge in [-0.25, -0.2) is 0 Å². The number of aromatic nitrogens is 4. The molecule has 0 unspecified atom stereocenters. The number of benzene rings is 9. The molecule has 4 aromatic heterocycles. The molecule has 0 saturated carbocycles. The Labute approximate surface area is 498 Å². The van der Waals surface area contributed by atoms with Crippen molar-refractivity contribution < 1.29 is 0 Å². The van der Waals surface area contributed by atoms with E-state index in [1.807, 2.05) is 0 Å². The Morgan fingerprint density at radius 2 is 0.762 bits per heavy atom. The molecule has 19 rings (SSSR count). The van der Waals surface area contributed by atoms with Gasteiger partial charge < -0.3 is 0 Å². The number of para-hydroxylation sites is 4. The van der Waals surface area contributed by atoms with E-state index in [9.17, 15) is 0 Å². The summed E-state index contributed by atoms with van der Waals surface area (Å²) < 4.78 is 14.1. The molecule has 0 bridgehead atoms. The van der Waals surface area contributed by atoms with Crippen molar-refractivity contribution in [3.05, 3.63) is 245 Å². The van der Waals surface area contributed by atoms with Crippen LogP contribution < -0.4 is 46.1 Å². The molecule has 0 atom stereocenters. The third-order valence-corrected chi connectivity index (χ3v) is 28.5. The topological polar surface area (TPSA) is 19.7 Å². The second kappa shape index (κ2) is 18.5. The Balaban J connectivity index is 0.988. The van der Waals surface area contributed by atoms with Gasteiger partial charge in [-0.15, -0.1) is 0 Å². The molecule has 84 heavy (non-hydrogen) atoms. The van der Waals surface area contributed by atoms with E-state index in [2.05, 4.69) is 218 Å². The summed E-state index contributed by atoms with van der Waals surface area (Å²) in [6, 6.07) is 80.3. The van der Waals surface area contributed by atoms with Crippen LogP contribution in [-0.2, 0) is 51.4 Å². The number of hydrogen-bond acceptors (Lipinski definition) is 0. The summed E-state index contributed by atoms with van der Waals surface area (Å²) in [5, 5.41) is 11.7. The molecule has 6 aliphatic rings. The molecule has 4 nitrogen and oxygen atoms in total. The minimum absolute atomic E-state index is 0.00377. The third kappa shape index (κ3) is 6.61. The molecule has 404 valence electrons. The Morgan fingerprint density at radius 1 is 0.333 bits per heavy atom. The number of nitrogens with zero attached hydrogens (tertiary/aromatic N) is 4. The fourth-order valence-corrected chi connectivity index (χ4v) is 26.1. The summed E-state index contributed by atoms with van der Waals surface area (Å²) in [7, 11) is -3.22. The molecule has 0 N–H and O–H groups in total. The first-order chi connectivity index (χ1) is 41.7. The van der Waals surface area contributed by atoms with E-state index in [1.54, 1.807) is 41.8 Å². The van der Waals surface area contributed by atoms with Crippen LogP contribution in [0.2, 0.25) is 0 Å². The van der Waals surface area contributed by atoms with Gasteiger partial charge in [-0.1, -0.05) is 0 Å². The zero-order valence-electron chi connectivity index (χ0n) is 47.4. The summed E-state index contributed by atoms with van der Waals surface area (Å²) in [5.74, 6) is 0. The molecule has 0 saturated heterocycles. The summed E-state index contributed by atoms with van der Waals surface area (Å²) in [6.45, 7) is 0.00377. The van der Waals surface area contributed by atoms with Gasteiger partial charge in [-0.2, -0.15) is 0 Å². The van der Waals surface area contributed by atoms with Crippen LogP contribution in [-0.4, -0.2) is 48.0 Å². The van der Waals surface area contributed by atoms with Gasteiger partial charge >= 0.3 is 502 Å². The molecular formula is C77H63BN4SeSi. The average Bonchev–Trinajstić information content (AvgIpc) is 0.921. The number of hydrogen-bond donors (Lipinski definition) is 0. The van der Waals surface area contributed by atoms with Gasteiger partial charge in [0, 0.05) is 0 Å². The summed E-state index contributed by atoms with van der Waals surface area (Å²) in [4.78, 5) is 0. The predicted octanol–water partition coefficient (Wildman–Crippen LogP) is 10.8. The second-order valence-electron chi connectivity index (χ2n) is 25.2. The third-order valence-electron chi connectivity index (χ3n) is 21.1. The summed E-state index contributed by atoms with van der Waals surface area (Å²) >= 11 is -0.0641. The summed E-state index contributed by atoms with van der Waals surface area (Å²) in [6.07, 6.45) is 17.6. The second-order valence-corrected chi connectivity index (χ2v) is 31.1. The molecule has 6 heterocycles. The van der Waals surface area contributed by atoms with E-state index >= 15 is 0 Å². The molecule has 0 amide bonds. The minimum atomic E-state index is -3.22. The van der Waals surface area contributed by atoms with Crippen molar-refractivity contribution in [2.24, 2.45) is 0 Å². The first-order valence-electron chi connectivity index (χ1n) is 31.5. The van der Waals surface area contributed by atoms with Crippen molar-refractivity contribution in [2.75, 3.05) is 0 Å². The van der Waals surface area contributed by atoms with Crippen LogP contribution in [0.3, 0.4) is 0 Å². The maximum atomic E-state index is 2.79. The van der Waals surface area contributed by atoms with Crippen LogP contribution in [0.1, 0.15) is 90.0 Å². The van der Waals surface area contributed by atoms with Crippen LogP contribution in [0.15, 0.2) is 200 Å². The molecule has 7 heteroatoms. The Kier molecular flexibility index (Phi) is 10.6. The van der Waals surface area contributed by atoms with Crippen molar-refractivity contribution >= 4 is 119 Å². The van der Waals surface area contributed by atoms with Gasteiger partial charge in [0.05, 0.1) is 0 Å². The Hall–Kier alpha value is -8.06. The molecule has 13 aromatic rings. The predicted molar refractivity (Wildman–Crippen MR) is 355 cm³/mol. The average molecular weight is 1160 g/mol. The maximum absolute atomic E-state index is 3.22. The van der Waals surface area contributed by atoms with Crippen molar-refractivity contribution in [1.29, 1.82) is 0 Å². The van der Waals surface area contributed by atoms with Crippen molar-refractivity contribution in [3.63, 3.8) is 0 Å². The van der Waals surface area contributed by atoms with Crippen molar-refractivity contribution in [2.45, 2.75) is 96.3 Å². The molecule has 0 fully saturated rings. The zero-order chi connectivity index (χ0) is 54.8. The van der Waals surface area contributed by atoms with Crippen LogP contribution in [0.25, 0.3) is 66.4 Å². The summed E-state index contributed by atoms with van der Waals surface area (Å²) in [5.41, 5.74) is 27.6. The zero-order valence-corrected chi connectivity index (χ0v) is 50.1. The van der Waals surface area contributed by atoms with E-state index in [0.717, 1.165) is 51.4 Å². The van der Waals surface area contributed by atoms with E-state index in [1.165, 1.54) is 161 Å². The number of fused-ring (bicyclic) bond motifs is 16. The SMILES string of the molecule is c1ccc([Si]2(c3ccccc3)c3cc(-n4c5c(c6ccccc64)CCCC5)ccc3B3c4cc(-n5c6c(c7ccccc75)CCC6)cc(-n5c6c(c7ccccc75)CCC6)c4[Se]c4cc(-n5c6c(c7ccccc75)CCCCC6)cc2c43)cc1. The first-order valence-corrected chi connectivity index (χ1v) is 35.2. The van der Waals surface area contributed by atoms with Gasteiger partial charge in [-0.3, -0.25) is 0 Å². The standard InChI is InChI=1S/C77H63BN4SeSi/c1-4-22-52(23-5-1)84(53-24-6-2-7-25-53)74-47-49(79-64-35-15-10-27-55(64)56-28-11-16-36-65(56)79)42-43-62(74)78-63-44-50(80-67-37-17-13-30-58(67)60-32-20-40-69(60)80)45-72(82-70-39-19-14-31-59(70)61-33-21-41-71(61)82)77(63)83-73-46-51(48-75(84)76(73)78)81-66-34-9-3-8-26-54(66)57-29-12-18-38-68(57)81/h1-2,4-7,10,12-15,17-19,22-25,27,29-31,35,37-39,42-48H,3,8-9,11,16,20-21,26,28,32-34,36,40-41H2. The first kappa shape index (κ1) is 48.3. The van der Waals surface area contributed by atoms with Gasteiger partial charge in [0.2, 0.25) is 0 Å². The van der Waals surface area contributed by atoms with Crippen molar-refractivity contribution in [3.8, 4) is 22.7 Å². The molecule has 0 spiro atoms.